The van der Waals surface area contributed by atoms with Crippen LogP contribution in [0.25, 0.3) is 0 Å². The molecule has 146 valence electrons. The van der Waals surface area contributed by atoms with Crippen LogP contribution in [0.1, 0.15) is 19.0 Å². The zero-order valence-corrected chi connectivity index (χ0v) is 14.3. The Labute approximate surface area is 149 Å². The minimum Gasteiger partial charge on any atom is -0.480 e. The maximum absolute atomic E-state index is 12.7. The summed E-state index contributed by atoms with van der Waals surface area (Å²) in [5.74, 6) is -1.99. The van der Waals surface area contributed by atoms with E-state index in [0.29, 0.717) is 5.69 Å². The van der Waals surface area contributed by atoms with E-state index in [0.717, 1.165) is 4.90 Å². The minimum absolute atomic E-state index is 0.0378. The predicted octanol–water partition coefficient (Wildman–Crippen LogP) is -2.59. The van der Waals surface area contributed by atoms with E-state index < -0.39 is 48.6 Å². The fourth-order valence-corrected chi connectivity index (χ4v) is 3.18. The Morgan fingerprint density at radius 3 is 2.65 bits per heavy atom. The van der Waals surface area contributed by atoms with E-state index >= 15 is 0 Å². The molecule has 1 saturated heterocycles. The summed E-state index contributed by atoms with van der Waals surface area (Å²) in [5.41, 5.74) is 4.03. The summed E-state index contributed by atoms with van der Waals surface area (Å²) in [6.45, 7) is 0.656. The summed E-state index contributed by atoms with van der Waals surface area (Å²) in [4.78, 5) is 32.0. The third-order valence-corrected chi connectivity index (χ3v) is 4.49. The molecule has 0 spiro atoms. The van der Waals surface area contributed by atoms with Gasteiger partial charge < -0.3 is 35.9 Å². The van der Waals surface area contributed by atoms with E-state index in [-0.39, 0.29) is 19.4 Å². The zero-order chi connectivity index (χ0) is 19.5. The molecule has 1 aliphatic rings. The maximum atomic E-state index is 12.7. The molecule has 0 radical (unpaired) electrons. The Morgan fingerprint density at radius 1 is 1.50 bits per heavy atom. The standard InChI is InChI=1S/C15H24N4O7/c1-15(13(23)12(22)10(6-20)26-15)19(11(21)2-3-16)9(14(24)25)4-8-5-17-7-18-8/h5,7,9-10,12-13,20,22-23H,2-4,6,16H2,1H3,(H,17,18)(H,24,25)/t9-,10+,12+,13-,15?/m0/s1. The SMILES string of the molecule is CC1(N(C(=O)CCN)[C@@H](Cc2cnc[nH]2)C(=O)O)O[C@H](CO)[C@@H](O)[C@@H]1O. The average molecular weight is 372 g/mol. The van der Waals surface area contributed by atoms with Gasteiger partial charge in [-0.15, -0.1) is 0 Å². The lowest BCUT2D eigenvalue weighted by atomic mass is 9.98. The number of aromatic nitrogens is 2. The molecule has 1 aromatic rings. The number of hydrogen-bond acceptors (Lipinski definition) is 8. The molecule has 1 aromatic heterocycles. The Hall–Kier alpha value is -2.05. The second-order valence-electron chi connectivity index (χ2n) is 6.27. The van der Waals surface area contributed by atoms with Crippen molar-refractivity contribution in [2.24, 2.45) is 5.73 Å². The van der Waals surface area contributed by atoms with Crippen LogP contribution in [0.2, 0.25) is 0 Å². The molecule has 1 fully saturated rings. The molecule has 0 aromatic carbocycles. The van der Waals surface area contributed by atoms with Gasteiger partial charge in [-0.25, -0.2) is 9.78 Å². The monoisotopic (exact) mass is 372 g/mol. The van der Waals surface area contributed by atoms with Crippen LogP contribution < -0.4 is 5.73 Å². The molecule has 5 atom stereocenters. The minimum atomic E-state index is -1.86. The number of carbonyl (C=O) groups excluding carboxylic acids is 1. The molecule has 11 heteroatoms. The number of nitrogens with zero attached hydrogens (tertiary/aromatic N) is 2. The van der Waals surface area contributed by atoms with Gasteiger partial charge in [-0.1, -0.05) is 0 Å². The predicted molar refractivity (Wildman–Crippen MR) is 86.6 cm³/mol. The summed E-state index contributed by atoms with van der Waals surface area (Å²) in [7, 11) is 0. The van der Waals surface area contributed by atoms with Gasteiger partial charge in [0.15, 0.2) is 5.72 Å². The number of carboxylic acids is 1. The first-order valence-electron chi connectivity index (χ1n) is 8.13. The average Bonchev–Trinajstić information content (AvgIpc) is 3.17. The van der Waals surface area contributed by atoms with Gasteiger partial charge in [0, 0.05) is 31.3 Å². The molecule has 0 aliphatic carbocycles. The normalized spacial score (nSPS) is 29.5. The molecule has 0 bridgehead atoms. The van der Waals surface area contributed by atoms with Gasteiger partial charge in [0.2, 0.25) is 5.91 Å². The number of imidazole rings is 1. The highest BCUT2D eigenvalue weighted by atomic mass is 16.6. The molecular weight excluding hydrogens is 348 g/mol. The summed E-state index contributed by atoms with van der Waals surface area (Å²) in [5, 5.41) is 39.5. The van der Waals surface area contributed by atoms with Crippen LogP contribution in [0, 0.1) is 0 Å². The number of aliphatic hydroxyl groups is 3. The topological polar surface area (TPSA) is 182 Å². The number of aliphatic carboxylic acids is 1. The molecule has 1 amide bonds. The van der Waals surface area contributed by atoms with Crippen molar-refractivity contribution in [2.45, 2.75) is 49.8 Å². The summed E-state index contributed by atoms with van der Waals surface area (Å²) in [6, 6.07) is -1.42. The van der Waals surface area contributed by atoms with Crippen molar-refractivity contribution in [1.82, 2.24) is 14.9 Å². The van der Waals surface area contributed by atoms with Crippen LogP contribution >= 0.6 is 0 Å². The summed E-state index contributed by atoms with van der Waals surface area (Å²) in [6.07, 6.45) is -1.79. The first-order valence-corrected chi connectivity index (χ1v) is 8.13. The maximum Gasteiger partial charge on any atom is 0.326 e. The Bertz CT molecular complexity index is 626. The van der Waals surface area contributed by atoms with Crippen molar-refractivity contribution >= 4 is 11.9 Å². The number of nitrogens with one attached hydrogen (secondary N) is 1. The number of rotatable bonds is 8. The fourth-order valence-electron chi connectivity index (χ4n) is 3.18. The largest absolute Gasteiger partial charge is 0.480 e. The number of ether oxygens (including phenoxy) is 1. The van der Waals surface area contributed by atoms with Crippen LogP contribution in [-0.2, 0) is 20.7 Å². The summed E-state index contributed by atoms with van der Waals surface area (Å²) >= 11 is 0. The van der Waals surface area contributed by atoms with Gasteiger partial charge in [0.25, 0.3) is 0 Å². The lowest BCUT2D eigenvalue weighted by Crippen LogP contribution is -2.63. The van der Waals surface area contributed by atoms with Crippen LogP contribution in [0.3, 0.4) is 0 Å². The third-order valence-electron chi connectivity index (χ3n) is 4.49. The van der Waals surface area contributed by atoms with Crippen molar-refractivity contribution in [2.75, 3.05) is 13.2 Å². The van der Waals surface area contributed by atoms with Crippen molar-refractivity contribution in [3.8, 4) is 0 Å². The number of hydrogen-bond donors (Lipinski definition) is 6. The van der Waals surface area contributed by atoms with Crippen LogP contribution in [-0.4, -0.2) is 90.4 Å². The molecule has 1 aliphatic heterocycles. The van der Waals surface area contributed by atoms with Crippen LogP contribution in [0.15, 0.2) is 12.5 Å². The van der Waals surface area contributed by atoms with Crippen molar-refractivity contribution in [3.63, 3.8) is 0 Å². The quantitative estimate of drug-likeness (QED) is 0.285. The van der Waals surface area contributed by atoms with Crippen LogP contribution in [0.4, 0.5) is 0 Å². The second kappa shape index (κ2) is 8.10. The highest BCUT2D eigenvalue weighted by Gasteiger charge is 2.58. The van der Waals surface area contributed by atoms with E-state index in [1.54, 1.807) is 0 Å². The molecule has 0 saturated carbocycles. The van der Waals surface area contributed by atoms with Crippen molar-refractivity contribution in [1.29, 1.82) is 0 Å². The number of aromatic amines is 1. The number of nitrogens with two attached hydrogens (primary N) is 1. The van der Waals surface area contributed by atoms with Gasteiger partial charge in [-0.3, -0.25) is 9.69 Å². The van der Waals surface area contributed by atoms with E-state index in [4.69, 9.17) is 10.5 Å². The number of carboxylic acid groups (broad SMARTS) is 1. The van der Waals surface area contributed by atoms with Gasteiger partial charge in [-0.05, 0) is 6.92 Å². The molecule has 2 heterocycles. The molecule has 2 rings (SSSR count). The number of amides is 1. The van der Waals surface area contributed by atoms with Gasteiger partial charge >= 0.3 is 5.97 Å². The van der Waals surface area contributed by atoms with E-state index in [1.165, 1.54) is 19.4 Å². The van der Waals surface area contributed by atoms with E-state index in [9.17, 15) is 30.0 Å². The number of aliphatic hydroxyl groups excluding tert-OH is 3. The Kier molecular flexibility index (Phi) is 6.31. The second-order valence-corrected chi connectivity index (χ2v) is 6.27. The van der Waals surface area contributed by atoms with Gasteiger partial charge in [0.05, 0.1) is 12.9 Å². The summed E-state index contributed by atoms with van der Waals surface area (Å²) < 4.78 is 5.53. The lowest BCUT2D eigenvalue weighted by Gasteiger charge is -2.43. The fraction of sp³-hybridized carbons (Fsp3) is 0.667. The van der Waals surface area contributed by atoms with Gasteiger partial charge in [-0.2, -0.15) is 0 Å². The molecule has 1 unspecified atom stereocenters. The highest BCUT2D eigenvalue weighted by molar-refractivity contribution is 5.84. The first kappa shape index (κ1) is 20.3. The van der Waals surface area contributed by atoms with E-state index in [2.05, 4.69) is 9.97 Å². The van der Waals surface area contributed by atoms with E-state index in [1.807, 2.05) is 0 Å². The number of H-pyrrole nitrogens is 1. The number of carbonyl (C=O) groups is 2. The van der Waals surface area contributed by atoms with Crippen molar-refractivity contribution in [3.05, 3.63) is 18.2 Å². The van der Waals surface area contributed by atoms with Gasteiger partial charge in [0.1, 0.15) is 24.4 Å². The van der Waals surface area contributed by atoms with Crippen LogP contribution in [0.5, 0.6) is 0 Å². The molecular formula is C15H24N4O7. The zero-order valence-electron chi connectivity index (χ0n) is 14.3. The lowest BCUT2D eigenvalue weighted by molar-refractivity contribution is -0.202. The first-order chi connectivity index (χ1) is 12.3. The Balaban J connectivity index is 2.44. The Morgan fingerprint density at radius 2 is 2.19 bits per heavy atom. The third kappa shape index (κ3) is 3.71. The highest BCUT2D eigenvalue weighted by Crippen LogP contribution is 2.36. The smallest absolute Gasteiger partial charge is 0.326 e. The molecule has 26 heavy (non-hydrogen) atoms. The molecule has 11 nitrogen and oxygen atoms in total. The van der Waals surface area contributed by atoms with Crippen molar-refractivity contribution < 1.29 is 34.8 Å². The molecule has 7 N–H and O–H groups in total.